The highest BCUT2D eigenvalue weighted by molar-refractivity contribution is 6.93. The summed E-state index contributed by atoms with van der Waals surface area (Å²) in [4.78, 5) is 10.4. The van der Waals surface area contributed by atoms with E-state index in [2.05, 4.69) is 229 Å². The minimum atomic E-state index is -1.72. The molecule has 3 heterocycles. The lowest BCUT2D eigenvalue weighted by Crippen LogP contribution is -2.56. The molecule has 72 heavy (non-hydrogen) atoms. The fourth-order valence-corrected chi connectivity index (χ4v) is 17.7. The van der Waals surface area contributed by atoms with Crippen molar-refractivity contribution in [2.24, 2.45) is 23.7 Å². The first-order valence-corrected chi connectivity index (χ1v) is 34.0. The molecule has 4 bridgehead atoms. The molecular weight excluding hydrogens is 909 g/mol. The van der Waals surface area contributed by atoms with E-state index >= 15 is 0 Å². The first kappa shape index (κ1) is 47.1. The quantitative estimate of drug-likeness (QED) is 0.135. The van der Waals surface area contributed by atoms with Gasteiger partial charge in [-0.2, -0.15) is 0 Å². The number of para-hydroxylation sites is 4. The molecule has 6 aromatic carbocycles. The maximum absolute atomic E-state index is 7.16. The number of nitrogens with zero attached hydrogens (tertiary/aromatic N) is 4. The largest absolute Gasteiger partial charge is 0.457 e. The van der Waals surface area contributed by atoms with Gasteiger partial charge in [0.25, 0.3) is 0 Å². The summed E-state index contributed by atoms with van der Waals surface area (Å²) in [5.74, 6) is 5.64. The number of hydrogen-bond acceptors (Lipinski definition) is 4. The van der Waals surface area contributed by atoms with Gasteiger partial charge in [-0.1, -0.05) is 121 Å². The summed E-state index contributed by atoms with van der Waals surface area (Å²) in [5, 5.41) is 5.49. The molecule has 7 heteroatoms. The van der Waals surface area contributed by atoms with Crippen LogP contribution in [0.4, 0.5) is 22.7 Å². The van der Waals surface area contributed by atoms with Crippen molar-refractivity contribution in [3.8, 4) is 17.3 Å². The Kier molecular flexibility index (Phi) is 11.0. The van der Waals surface area contributed by atoms with Crippen LogP contribution in [0.2, 0.25) is 39.3 Å². The van der Waals surface area contributed by atoms with Crippen LogP contribution in [-0.4, -0.2) is 32.4 Å². The lowest BCUT2D eigenvalue weighted by molar-refractivity contribution is -0.0419. The number of aryl methyl sites for hydroxylation is 2. The highest BCUT2D eigenvalue weighted by Crippen LogP contribution is 2.65. The highest BCUT2D eigenvalue weighted by atomic mass is 28.3. The molecule has 0 saturated heterocycles. The second kappa shape index (κ2) is 16.8. The number of rotatable bonds is 9. The SMILES string of the molecule is Cc1cc(C2(c3ccnc(-n4c5ccccc5c5ccc(Oc6cc(N7CN(c8c([Si](C)(C)C)cccc8[Si](C)(C)C)c8ccccc87)cc(C(C)(C)C)c6)cc54)c3)C3CC4CC(C3)CC2C4)cc(C)c1C. The first-order chi connectivity index (χ1) is 34.3. The van der Waals surface area contributed by atoms with Gasteiger partial charge in [-0.25, -0.2) is 4.98 Å². The lowest BCUT2D eigenvalue weighted by atomic mass is 9.42. The molecule has 368 valence electrons. The van der Waals surface area contributed by atoms with Crippen molar-refractivity contribution in [3.63, 3.8) is 0 Å². The van der Waals surface area contributed by atoms with Crippen molar-refractivity contribution >= 4 is 71.1 Å². The van der Waals surface area contributed by atoms with Crippen LogP contribution in [0, 0.1) is 44.4 Å². The molecule has 1 aliphatic heterocycles. The van der Waals surface area contributed by atoms with E-state index in [1.807, 2.05) is 0 Å². The molecule has 0 unspecified atom stereocenters. The number of anilines is 4. The van der Waals surface area contributed by atoms with Crippen LogP contribution in [0.25, 0.3) is 27.6 Å². The Morgan fingerprint density at radius 1 is 0.569 bits per heavy atom. The maximum Gasteiger partial charge on any atom is 0.137 e. The van der Waals surface area contributed by atoms with Crippen LogP contribution in [0.5, 0.6) is 11.5 Å². The predicted molar refractivity (Wildman–Crippen MR) is 310 cm³/mol. The van der Waals surface area contributed by atoms with Crippen molar-refractivity contribution in [2.45, 2.75) is 124 Å². The molecule has 4 fully saturated rings. The molecular formula is C65H74N4OSi2. The molecule has 0 radical (unpaired) electrons. The van der Waals surface area contributed by atoms with E-state index in [4.69, 9.17) is 9.72 Å². The summed E-state index contributed by atoms with van der Waals surface area (Å²) < 4.78 is 9.58. The van der Waals surface area contributed by atoms with Gasteiger partial charge < -0.3 is 14.5 Å². The van der Waals surface area contributed by atoms with Crippen LogP contribution in [0.1, 0.15) is 86.3 Å². The summed E-state index contributed by atoms with van der Waals surface area (Å²) in [6.45, 7) is 29.6. The third kappa shape index (κ3) is 7.61. The monoisotopic (exact) mass is 983 g/mol. The van der Waals surface area contributed by atoms with Gasteiger partial charge in [-0.05, 0) is 180 Å². The van der Waals surface area contributed by atoms with E-state index in [9.17, 15) is 0 Å². The summed E-state index contributed by atoms with van der Waals surface area (Å²) in [5.41, 5.74) is 15.6. The first-order valence-electron chi connectivity index (χ1n) is 27.0. The number of fused-ring (bicyclic) bond motifs is 4. The molecule has 8 aromatic rings. The molecule has 0 atom stereocenters. The van der Waals surface area contributed by atoms with Gasteiger partial charge in [-0.3, -0.25) is 4.57 Å². The van der Waals surface area contributed by atoms with Gasteiger partial charge in [0.15, 0.2) is 0 Å². The zero-order valence-electron chi connectivity index (χ0n) is 45.0. The number of aromatic nitrogens is 2. The zero-order valence-corrected chi connectivity index (χ0v) is 47.0. The number of ether oxygens (including phenoxy) is 1. The summed E-state index contributed by atoms with van der Waals surface area (Å²) in [7, 11) is -3.45. The van der Waals surface area contributed by atoms with Gasteiger partial charge in [0.1, 0.15) is 24.0 Å². The zero-order chi connectivity index (χ0) is 50.2. The summed E-state index contributed by atoms with van der Waals surface area (Å²) >= 11 is 0. The molecule has 0 spiro atoms. The highest BCUT2D eigenvalue weighted by Gasteiger charge is 2.59. The van der Waals surface area contributed by atoms with Gasteiger partial charge in [-0.15, -0.1) is 0 Å². The Morgan fingerprint density at radius 3 is 1.82 bits per heavy atom. The number of hydrogen-bond donors (Lipinski definition) is 0. The van der Waals surface area contributed by atoms with E-state index < -0.39 is 16.1 Å². The Hall–Kier alpha value is -5.90. The Bertz CT molecular complexity index is 3370. The fraction of sp³-hybridized carbons (Fsp3) is 0.369. The third-order valence-electron chi connectivity index (χ3n) is 17.9. The van der Waals surface area contributed by atoms with E-state index in [1.165, 1.54) is 104 Å². The molecule has 2 aromatic heterocycles. The van der Waals surface area contributed by atoms with E-state index in [1.54, 1.807) is 0 Å². The average molecular weight is 984 g/mol. The Morgan fingerprint density at radius 2 is 1.18 bits per heavy atom. The van der Waals surface area contributed by atoms with Crippen LogP contribution in [0.15, 0.2) is 134 Å². The number of benzene rings is 6. The van der Waals surface area contributed by atoms with E-state index in [0.29, 0.717) is 11.8 Å². The normalized spacial score (nSPS) is 21.8. The predicted octanol–water partition coefficient (Wildman–Crippen LogP) is 16.3. The van der Waals surface area contributed by atoms with Crippen LogP contribution in [-0.2, 0) is 10.8 Å². The minimum absolute atomic E-state index is 0.0294. The van der Waals surface area contributed by atoms with Crippen molar-refractivity contribution in [1.82, 2.24) is 9.55 Å². The second-order valence-corrected chi connectivity index (χ2v) is 35.7. The van der Waals surface area contributed by atoms with Crippen molar-refractivity contribution in [1.29, 1.82) is 0 Å². The molecule has 4 aliphatic carbocycles. The maximum atomic E-state index is 7.16. The molecule has 0 amide bonds. The molecule has 5 nitrogen and oxygen atoms in total. The van der Waals surface area contributed by atoms with Crippen molar-refractivity contribution in [3.05, 3.63) is 167 Å². The van der Waals surface area contributed by atoms with Crippen LogP contribution >= 0.6 is 0 Å². The van der Waals surface area contributed by atoms with E-state index in [-0.39, 0.29) is 10.8 Å². The Balaban J connectivity index is 0.964. The smallest absolute Gasteiger partial charge is 0.137 e. The van der Waals surface area contributed by atoms with Gasteiger partial charge in [0.05, 0.1) is 38.6 Å². The Labute approximate surface area is 431 Å². The molecule has 0 N–H and O–H groups in total. The van der Waals surface area contributed by atoms with Crippen molar-refractivity contribution in [2.75, 3.05) is 16.5 Å². The van der Waals surface area contributed by atoms with Gasteiger partial charge in [0, 0.05) is 45.9 Å². The molecule has 4 saturated carbocycles. The second-order valence-electron chi connectivity index (χ2n) is 25.6. The standard InChI is InChI=1S/C65H74N4OSi2/c1-41-28-48(29-42(2)43(41)3)65(49-31-44-30-45(33-49)34-50(65)32-44)46-26-27-66-62(37-46)69-56-19-14-13-18-54(56)55-25-24-52(39-59(55)69)70-53-36-47(64(4,5)6)35-51(38-53)67-40-68(58-21-16-15-20-57(58)67)63-60(71(7,8)9)22-17-23-61(63)72(10,11)12/h13-29,35-39,44-45,49-50H,30-34,40H2,1-12H3. The summed E-state index contributed by atoms with van der Waals surface area (Å²) in [6, 6.07) is 48.6. The topological polar surface area (TPSA) is 33.5 Å². The summed E-state index contributed by atoms with van der Waals surface area (Å²) in [6.07, 6.45) is 8.87. The van der Waals surface area contributed by atoms with Crippen LogP contribution in [0.3, 0.4) is 0 Å². The average Bonchev–Trinajstić information content (AvgIpc) is 3.88. The molecule has 5 aliphatic rings. The minimum Gasteiger partial charge on any atom is -0.457 e. The van der Waals surface area contributed by atoms with Crippen LogP contribution < -0.4 is 24.9 Å². The number of pyridine rings is 1. The molecule has 13 rings (SSSR count). The third-order valence-corrected chi connectivity index (χ3v) is 21.9. The van der Waals surface area contributed by atoms with Crippen molar-refractivity contribution < 1.29 is 4.74 Å². The van der Waals surface area contributed by atoms with Gasteiger partial charge >= 0.3 is 0 Å². The fourth-order valence-electron chi connectivity index (χ4n) is 14.4. The van der Waals surface area contributed by atoms with Gasteiger partial charge in [0.2, 0.25) is 0 Å². The van der Waals surface area contributed by atoms with E-state index in [0.717, 1.165) is 52.5 Å². The lowest BCUT2D eigenvalue weighted by Gasteiger charge is -2.62.